The molecule has 0 fully saturated rings. The quantitative estimate of drug-likeness (QED) is 0.168. The molecule has 8 heteroatoms. The summed E-state index contributed by atoms with van der Waals surface area (Å²) in [7, 11) is 11.4. The lowest BCUT2D eigenvalue weighted by Crippen LogP contribution is -2.56. The van der Waals surface area contributed by atoms with Crippen LogP contribution in [0.15, 0.2) is 192 Å². The van der Waals surface area contributed by atoms with Crippen LogP contribution in [0.4, 0.5) is 17.1 Å². The van der Waals surface area contributed by atoms with Gasteiger partial charge < -0.3 is 13.9 Å². The molecule has 0 unspecified atom stereocenters. The van der Waals surface area contributed by atoms with Crippen LogP contribution in [0.25, 0.3) is 93.2 Å². The van der Waals surface area contributed by atoms with E-state index in [9.17, 15) is 0 Å². The molecule has 0 bridgehead atoms. The molecule has 0 aliphatic rings. The summed E-state index contributed by atoms with van der Waals surface area (Å²) in [5.41, 5.74) is 19.9. The number of fused-ring (bicyclic) bond motifs is 8. The Morgan fingerprint density at radius 2 is 0.906 bits per heavy atom. The van der Waals surface area contributed by atoms with Crippen molar-refractivity contribution < 1.29 is 4.42 Å². The van der Waals surface area contributed by atoms with E-state index in [0.717, 1.165) is 50.1 Å². The standard InChI is InChI=1S/C56H41B5N2O/c57-50-51(58)53(60)55(54(61)52(50)59)63-43-22-7-5-18-41(43)48-44(23-11-24-45(48)63)62(35-28-26-34(27-29-35)37-20-9-14-32-12-1-3-16-36(32)37)46-31-30-40(39-21-10-15-33-13-2-4-17-38(33)39)56-49(46)42-19-6-8-25-47(42)64-56/h1-31H,57-61H2. The Kier molecular flexibility index (Phi) is 8.81. The summed E-state index contributed by atoms with van der Waals surface area (Å²) in [5, 5.41) is 9.45. The molecule has 3 nitrogen and oxygen atoms in total. The Bertz CT molecular complexity index is 3830. The third kappa shape index (κ3) is 5.68. The molecule has 2 aromatic heterocycles. The van der Waals surface area contributed by atoms with Gasteiger partial charge in [0.25, 0.3) is 0 Å². The molecule has 12 aromatic rings. The van der Waals surface area contributed by atoms with Gasteiger partial charge in [0, 0.05) is 33.1 Å². The third-order valence-electron chi connectivity index (χ3n) is 14.2. The highest BCUT2D eigenvalue weighted by atomic mass is 16.3. The molecule has 0 saturated carbocycles. The Hall–Kier alpha value is -7.56. The maximum absolute atomic E-state index is 7.01. The molecule has 0 spiro atoms. The first kappa shape index (κ1) is 38.1. The fourth-order valence-corrected chi connectivity index (χ4v) is 10.6. The van der Waals surface area contributed by atoms with Crippen LogP contribution in [0.1, 0.15) is 0 Å². The number of hydrogen-bond donors (Lipinski definition) is 0. The lowest BCUT2D eigenvalue weighted by Gasteiger charge is -2.28. The van der Waals surface area contributed by atoms with E-state index in [1.807, 2.05) is 0 Å². The Morgan fingerprint density at radius 1 is 0.375 bits per heavy atom. The Balaban J connectivity index is 1.18. The summed E-state index contributed by atoms with van der Waals surface area (Å²) in [4.78, 5) is 2.48. The summed E-state index contributed by atoms with van der Waals surface area (Å²) in [5.74, 6) is 0. The first-order valence-corrected chi connectivity index (χ1v) is 22.3. The highest BCUT2D eigenvalue weighted by molar-refractivity contribution is 6.68. The second kappa shape index (κ2) is 14.8. The maximum atomic E-state index is 7.01. The molecular formula is C56H41B5N2O. The van der Waals surface area contributed by atoms with Gasteiger partial charge in [-0.05, 0) is 86.8 Å². The molecular weight excluding hydrogens is 771 g/mol. The largest absolute Gasteiger partial charge is 0.455 e. The van der Waals surface area contributed by atoms with Gasteiger partial charge in [-0.1, -0.05) is 161 Å². The van der Waals surface area contributed by atoms with Crippen molar-refractivity contribution in [2.24, 2.45) is 0 Å². The minimum absolute atomic E-state index is 0.864. The molecule has 2 heterocycles. The van der Waals surface area contributed by atoms with Gasteiger partial charge in [-0.2, -0.15) is 0 Å². The second-order valence-corrected chi connectivity index (χ2v) is 17.4. The van der Waals surface area contributed by atoms with E-state index < -0.39 is 0 Å². The minimum Gasteiger partial charge on any atom is -0.455 e. The Morgan fingerprint density at radius 3 is 1.62 bits per heavy atom. The molecule has 0 radical (unpaired) electrons. The van der Waals surface area contributed by atoms with E-state index in [2.05, 4.69) is 237 Å². The lowest BCUT2D eigenvalue weighted by atomic mass is 9.61. The average Bonchev–Trinajstić information content (AvgIpc) is 3.90. The van der Waals surface area contributed by atoms with Crippen LogP contribution in [0.3, 0.4) is 0 Å². The van der Waals surface area contributed by atoms with E-state index in [4.69, 9.17) is 4.42 Å². The topological polar surface area (TPSA) is 21.3 Å². The molecule has 64 heavy (non-hydrogen) atoms. The minimum atomic E-state index is 0.864. The number of benzene rings is 10. The van der Waals surface area contributed by atoms with Crippen LogP contribution in [-0.2, 0) is 0 Å². The van der Waals surface area contributed by atoms with Gasteiger partial charge in [0.15, 0.2) is 0 Å². The summed E-state index contributed by atoms with van der Waals surface area (Å²) in [6, 6.07) is 68.5. The van der Waals surface area contributed by atoms with Crippen molar-refractivity contribution >= 4 is 149 Å². The molecule has 12 rings (SSSR count). The van der Waals surface area contributed by atoms with Gasteiger partial charge in [0.05, 0.1) is 27.8 Å². The fraction of sp³-hybridized carbons (Fsp3) is 0. The number of nitrogens with zero attached hydrogens (tertiary/aromatic N) is 2. The van der Waals surface area contributed by atoms with Gasteiger partial charge in [0.2, 0.25) is 0 Å². The number of furan rings is 1. The second-order valence-electron chi connectivity index (χ2n) is 17.4. The normalized spacial score (nSPS) is 11.8. The number of aromatic nitrogens is 1. The Labute approximate surface area is 377 Å². The number of para-hydroxylation sites is 2. The molecule has 0 amide bonds. The van der Waals surface area contributed by atoms with Gasteiger partial charge in [-0.15, -0.1) is 5.46 Å². The fourth-order valence-electron chi connectivity index (χ4n) is 10.6. The first-order valence-electron chi connectivity index (χ1n) is 22.3. The van der Waals surface area contributed by atoms with Crippen molar-refractivity contribution in [3.05, 3.63) is 188 Å². The first-order chi connectivity index (χ1) is 31.4. The average molecular weight is 812 g/mol. The van der Waals surface area contributed by atoms with Crippen LogP contribution in [0.5, 0.6) is 0 Å². The summed E-state index contributed by atoms with van der Waals surface area (Å²) in [6.07, 6.45) is 0. The maximum Gasteiger partial charge on any atom is 0.145 e. The zero-order valence-corrected chi connectivity index (χ0v) is 36.7. The zero-order valence-electron chi connectivity index (χ0n) is 36.7. The van der Waals surface area contributed by atoms with Gasteiger partial charge in [0.1, 0.15) is 50.4 Å². The van der Waals surface area contributed by atoms with Crippen LogP contribution in [0, 0.1) is 0 Å². The van der Waals surface area contributed by atoms with Crippen LogP contribution in [0.2, 0.25) is 0 Å². The molecule has 0 atom stereocenters. The van der Waals surface area contributed by atoms with Crippen LogP contribution in [-0.4, -0.2) is 43.8 Å². The van der Waals surface area contributed by atoms with Crippen molar-refractivity contribution in [3.8, 4) is 27.9 Å². The molecule has 0 N–H and O–H groups in total. The highest BCUT2D eigenvalue weighted by Crippen LogP contribution is 2.50. The van der Waals surface area contributed by atoms with Gasteiger partial charge in [-0.25, -0.2) is 0 Å². The lowest BCUT2D eigenvalue weighted by molar-refractivity contribution is 0.670. The van der Waals surface area contributed by atoms with Crippen molar-refractivity contribution in [2.75, 3.05) is 4.90 Å². The number of hydrogen-bond acceptors (Lipinski definition) is 2. The highest BCUT2D eigenvalue weighted by Gasteiger charge is 2.27. The van der Waals surface area contributed by atoms with E-state index in [0.29, 0.717) is 0 Å². The predicted octanol–water partition coefficient (Wildman–Crippen LogP) is 7.09. The SMILES string of the molecule is Bc1c(B)c(B)c(-n2c3ccccc3c3c(N(c4ccc(-c5cccc6ccccc56)cc4)c4ccc(-c5cccc6ccccc56)c5oc6ccccc6c45)cccc32)c(B)c1B. The van der Waals surface area contributed by atoms with E-state index in [1.165, 1.54) is 87.5 Å². The zero-order chi connectivity index (χ0) is 43.2. The van der Waals surface area contributed by atoms with Crippen molar-refractivity contribution in [1.29, 1.82) is 0 Å². The molecule has 10 aromatic carbocycles. The van der Waals surface area contributed by atoms with Crippen molar-refractivity contribution in [2.45, 2.75) is 0 Å². The van der Waals surface area contributed by atoms with Crippen molar-refractivity contribution in [3.63, 3.8) is 0 Å². The smallest absolute Gasteiger partial charge is 0.145 e. The predicted molar refractivity (Wildman–Crippen MR) is 290 cm³/mol. The molecule has 0 aliphatic carbocycles. The summed E-state index contributed by atoms with van der Waals surface area (Å²) < 4.78 is 9.53. The summed E-state index contributed by atoms with van der Waals surface area (Å²) in [6.45, 7) is 0. The molecule has 0 saturated heterocycles. The number of anilines is 3. The third-order valence-corrected chi connectivity index (χ3v) is 14.2. The van der Waals surface area contributed by atoms with Crippen molar-refractivity contribution in [1.82, 2.24) is 4.57 Å². The summed E-state index contributed by atoms with van der Waals surface area (Å²) >= 11 is 0. The van der Waals surface area contributed by atoms with Crippen LogP contribution >= 0.6 is 0 Å². The van der Waals surface area contributed by atoms with Gasteiger partial charge in [-0.3, -0.25) is 0 Å². The monoisotopic (exact) mass is 812 g/mol. The van der Waals surface area contributed by atoms with E-state index >= 15 is 0 Å². The number of rotatable bonds is 6. The molecule has 296 valence electrons. The van der Waals surface area contributed by atoms with E-state index in [-0.39, 0.29) is 0 Å². The van der Waals surface area contributed by atoms with E-state index in [1.54, 1.807) is 0 Å². The van der Waals surface area contributed by atoms with Crippen LogP contribution < -0.4 is 32.2 Å². The molecule has 0 aliphatic heterocycles. The van der Waals surface area contributed by atoms with Gasteiger partial charge >= 0.3 is 0 Å².